The summed E-state index contributed by atoms with van der Waals surface area (Å²) in [5.74, 6) is -0.128. The Morgan fingerprint density at radius 3 is 1.79 bits per heavy atom. The zero-order valence-electron chi connectivity index (χ0n) is 13.1. The number of carbonyl (C=O) groups is 1. The SMILES string of the molecule is O=C(Cc1ccc(O)cc1)OC(c1ccccc1)c1ccccc1. The minimum atomic E-state index is -0.433. The van der Waals surface area contributed by atoms with Gasteiger partial charge in [0, 0.05) is 0 Å². The molecule has 120 valence electrons. The van der Waals surface area contributed by atoms with Crippen LogP contribution in [0, 0.1) is 0 Å². The average Bonchev–Trinajstić information content (AvgIpc) is 2.63. The second-order valence-electron chi connectivity index (χ2n) is 5.53. The molecular formula is C21H18O3. The summed E-state index contributed by atoms with van der Waals surface area (Å²) in [7, 11) is 0. The van der Waals surface area contributed by atoms with Gasteiger partial charge in [-0.25, -0.2) is 0 Å². The highest BCUT2D eigenvalue weighted by Crippen LogP contribution is 2.26. The topological polar surface area (TPSA) is 46.5 Å². The van der Waals surface area contributed by atoms with Crippen molar-refractivity contribution in [2.45, 2.75) is 12.5 Å². The summed E-state index contributed by atoms with van der Waals surface area (Å²) in [5, 5.41) is 9.32. The van der Waals surface area contributed by atoms with Crippen LogP contribution < -0.4 is 0 Å². The first kappa shape index (κ1) is 15.8. The van der Waals surface area contributed by atoms with Crippen molar-refractivity contribution >= 4 is 5.97 Å². The molecule has 3 aromatic rings. The zero-order valence-corrected chi connectivity index (χ0v) is 13.1. The molecule has 0 spiro atoms. The van der Waals surface area contributed by atoms with Crippen molar-refractivity contribution in [3.63, 3.8) is 0 Å². The number of ether oxygens (including phenoxy) is 1. The quantitative estimate of drug-likeness (QED) is 0.715. The lowest BCUT2D eigenvalue weighted by atomic mass is 10.0. The molecule has 1 N–H and O–H groups in total. The monoisotopic (exact) mass is 318 g/mol. The summed E-state index contributed by atoms with van der Waals surface area (Å²) < 4.78 is 5.76. The van der Waals surface area contributed by atoms with Crippen LogP contribution in [0.15, 0.2) is 84.9 Å². The summed E-state index contributed by atoms with van der Waals surface area (Å²) in [6.45, 7) is 0. The predicted octanol–water partition coefficient (Wildman–Crippen LogP) is 4.27. The first-order valence-electron chi connectivity index (χ1n) is 7.79. The Kier molecular flexibility index (Phi) is 4.92. The molecular weight excluding hydrogens is 300 g/mol. The third-order valence-electron chi connectivity index (χ3n) is 3.74. The number of phenolic OH excluding ortho intramolecular Hbond substituents is 1. The molecule has 3 rings (SSSR count). The van der Waals surface area contributed by atoms with Crippen LogP contribution in [0.5, 0.6) is 5.75 Å². The summed E-state index contributed by atoms with van der Waals surface area (Å²) in [5.41, 5.74) is 2.67. The standard InChI is InChI=1S/C21H18O3/c22-19-13-11-16(12-14-19)15-20(23)24-21(17-7-3-1-4-8-17)18-9-5-2-6-10-18/h1-14,21-22H,15H2. The highest BCUT2D eigenvalue weighted by atomic mass is 16.5. The molecule has 0 aliphatic heterocycles. The Labute approximate surface area is 141 Å². The number of benzene rings is 3. The Morgan fingerprint density at radius 1 is 0.792 bits per heavy atom. The highest BCUT2D eigenvalue weighted by Gasteiger charge is 2.18. The van der Waals surface area contributed by atoms with Gasteiger partial charge in [0.05, 0.1) is 6.42 Å². The zero-order chi connectivity index (χ0) is 16.8. The number of rotatable bonds is 5. The molecule has 0 heterocycles. The van der Waals surface area contributed by atoms with Crippen molar-refractivity contribution in [1.82, 2.24) is 0 Å². The van der Waals surface area contributed by atoms with Gasteiger partial charge in [-0.3, -0.25) is 4.79 Å². The van der Waals surface area contributed by atoms with Crippen LogP contribution >= 0.6 is 0 Å². The Hall–Kier alpha value is -3.07. The van der Waals surface area contributed by atoms with E-state index in [0.29, 0.717) is 0 Å². The van der Waals surface area contributed by atoms with Gasteiger partial charge >= 0.3 is 5.97 Å². The van der Waals surface area contributed by atoms with Crippen molar-refractivity contribution in [1.29, 1.82) is 0 Å². The van der Waals surface area contributed by atoms with E-state index in [4.69, 9.17) is 4.74 Å². The average molecular weight is 318 g/mol. The lowest BCUT2D eigenvalue weighted by Crippen LogP contribution is -2.14. The number of hydrogen-bond acceptors (Lipinski definition) is 3. The van der Waals surface area contributed by atoms with E-state index in [1.54, 1.807) is 24.3 Å². The molecule has 0 aliphatic carbocycles. The van der Waals surface area contributed by atoms with Crippen LogP contribution in [0.25, 0.3) is 0 Å². The molecule has 0 unspecified atom stereocenters. The molecule has 0 saturated heterocycles. The number of carbonyl (C=O) groups excluding carboxylic acids is 1. The Balaban J connectivity index is 1.79. The van der Waals surface area contributed by atoms with E-state index in [2.05, 4.69) is 0 Å². The van der Waals surface area contributed by atoms with Crippen molar-refractivity contribution in [3.05, 3.63) is 102 Å². The third kappa shape index (κ3) is 4.02. The van der Waals surface area contributed by atoms with Gasteiger partial charge < -0.3 is 9.84 Å². The van der Waals surface area contributed by atoms with Crippen molar-refractivity contribution in [3.8, 4) is 5.75 Å². The smallest absolute Gasteiger partial charge is 0.311 e. The van der Waals surface area contributed by atoms with E-state index in [0.717, 1.165) is 16.7 Å². The molecule has 0 aliphatic rings. The fraction of sp³-hybridized carbons (Fsp3) is 0.0952. The summed E-state index contributed by atoms with van der Waals surface area (Å²) in [6, 6.07) is 26.0. The minimum Gasteiger partial charge on any atom is -0.508 e. The second-order valence-corrected chi connectivity index (χ2v) is 5.53. The summed E-state index contributed by atoms with van der Waals surface area (Å²) in [4.78, 5) is 12.4. The van der Waals surface area contributed by atoms with Gasteiger partial charge in [0.2, 0.25) is 0 Å². The van der Waals surface area contributed by atoms with Gasteiger partial charge in [-0.05, 0) is 28.8 Å². The van der Waals surface area contributed by atoms with Crippen LogP contribution in [0.1, 0.15) is 22.8 Å². The van der Waals surface area contributed by atoms with Gasteiger partial charge in [0.15, 0.2) is 6.10 Å². The van der Waals surface area contributed by atoms with Gasteiger partial charge in [-0.1, -0.05) is 72.8 Å². The minimum absolute atomic E-state index is 0.163. The molecule has 0 atom stereocenters. The maximum Gasteiger partial charge on any atom is 0.311 e. The molecule has 0 aromatic heterocycles. The van der Waals surface area contributed by atoms with Gasteiger partial charge in [0.1, 0.15) is 5.75 Å². The highest BCUT2D eigenvalue weighted by molar-refractivity contribution is 5.73. The molecule has 0 bridgehead atoms. The molecule has 3 nitrogen and oxygen atoms in total. The first-order valence-corrected chi connectivity index (χ1v) is 7.79. The number of phenols is 1. The number of aromatic hydroxyl groups is 1. The van der Waals surface area contributed by atoms with Gasteiger partial charge in [0.25, 0.3) is 0 Å². The Morgan fingerprint density at radius 2 is 1.29 bits per heavy atom. The molecule has 3 aromatic carbocycles. The summed E-state index contributed by atoms with van der Waals surface area (Å²) >= 11 is 0. The maximum absolute atomic E-state index is 12.4. The third-order valence-corrected chi connectivity index (χ3v) is 3.74. The Bertz CT molecular complexity index is 741. The van der Waals surface area contributed by atoms with E-state index in [9.17, 15) is 9.90 Å². The summed E-state index contributed by atoms with van der Waals surface area (Å²) in [6.07, 6.45) is -0.270. The van der Waals surface area contributed by atoms with E-state index in [1.807, 2.05) is 60.7 Å². The van der Waals surface area contributed by atoms with Gasteiger partial charge in [-0.15, -0.1) is 0 Å². The molecule has 24 heavy (non-hydrogen) atoms. The van der Waals surface area contributed by atoms with E-state index in [1.165, 1.54) is 0 Å². The maximum atomic E-state index is 12.4. The normalized spacial score (nSPS) is 10.5. The molecule has 0 fully saturated rings. The van der Waals surface area contributed by atoms with Crippen molar-refractivity contribution in [2.24, 2.45) is 0 Å². The first-order chi connectivity index (χ1) is 11.7. The molecule has 0 amide bonds. The van der Waals surface area contributed by atoms with Crippen LogP contribution in [-0.4, -0.2) is 11.1 Å². The lowest BCUT2D eigenvalue weighted by Gasteiger charge is -2.19. The van der Waals surface area contributed by atoms with Crippen molar-refractivity contribution in [2.75, 3.05) is 0 Å². The number of esters is 1. The van der Waals surface area contributed by atoms with Crippen LogP contribution in [-0.2, 0) is 16.0 Å². The van der Waals surface area contributed by atoms with E-state index < -0.39 is 6.10 Å². The molecule has 3 heteroatoms. The van der Waals surface area contributed by atoms with Crippen LogP contribution in [0.2, 0.25) is 0 Å². The largest absolute Gasteiger partial charge is 0.508 e. The van der Waals surface area contributed by atoms with Crippen molar-refractivity contribution < 1.29 is 14.6 Å². The van der Waals surface area contributed by atoms with E-state index >= 15 is 0 Å². The second kappa shape index (κ2) is 7.47. The molecule has 0 radical (unpaired) electrons. The predicted molar refractivity (Wildman–Crippen MR) is 92.6 cm³/mol. The number of hydrogen-bond donors (Lipinski definition) is 1. The van der Waals surface area contributed by atoms with Crippen LogP contribution in [0.3, 0.4) is 0 Å². The molecule has 0 saturated carbocycles. The fourth-order valence-electron chi connectivity index (χ4n) is 2.54. The van der Waals surface area contributed by atoms with Gasteiger partial charge in [-0.2, -0.15) is 0 Å². The lowest BCUT2D eigenvalue weighted by molar-refractivity contribution is -0.146. The fourth-order valence-corrected chi connectivity index (χ4v) is 2.54. The van der Waals surface area contributed by atoms with Crippen LogP contribution in [0.4, 0.5) is 0 Å². The van der Waals surface area contributed by atoms with E-state index in [-0.39, 0.29) is 18.1 Å².